The summed E-state index contributed by atoms with van der Waals surface area (Å²) < 4.78 is 11.1. The lowest BCUT2D eigenvalue weighted by molar-refractivity contribution is -0.154. The molecule has 1 fully saturated rings. The zero-order valence-electron chi connectivity index (χ0n) is 9.99. The predicted molar refractivity (Wildman–Crippen MR) is 70.5 cm³/mol. The van der Waals surface area contributed by atoms with Gasteiger partial charge in [0.2, 0.25) is 0 Å². The van der Waals surface area contributed by atoms with Crippen molar-refractivity contribution in [2.75, 3.05) is 6.61 Å². The third kappa shape index (κ3) is 3.16. The van der Waals surface area contributed by atoms with Gasteiger partial charge in [-0.3, -0.25) is 4.79 Å². The van der Waals surface area contributed by atoms with E-state index >= 15 is 0 Å². The molecule has 0 aromatic heterocycles. The van der Waals surface area contributed by atoms with Crippen molar-refractivity contribution in [3.63, 3.8) is 0 Å². The number of ketones is 1. The van der Waals surface area contributed by atoms with Crippen molar-refractivity contribution in [3.05, 3.63) is 28.2 Å². The van der Waals surface area contributed by atoms with E-state index in [0.717, 1.165) is 6.42 Å². The molecule has 1 aromatic rings. The molecule has 0 bridgehead atoms. The fourth-order valence-corrected chi connectivity index (χ4v) is 2.29. The molecule has 0 N–H and O–H groups in total. The van der Waals surface area contributed by atoms with Gasteiger partial charge in [0, 0.05) is 23.1 Å². The van der Waals surface area contributed by atoms with Crippen LogP contribution in [0.15, 0.2) is 18.2 Å². The Morgan fingerprint density at radius 1 is 1.28 bits per heavy atom. The average Bonchev–Trinajstić information content (AvgIpc) is 2.27. The van der Waals surface area contributed by atoms with E-state index in [1.165, 1.54) is 0 Å². The molecule has 2 atom stereocenters. The maximum absolute atomic E-state index is 11.4. The van der Waals surface area contributed by atoms with Gasteiger partial charge in [-0.15, -0.1) is 0 Å². The van der Waals surface area contributed by atoms with Crippen LogP contribution < -0.4 is 4.74 Å². The van der Waals surface area contributed by atoms with Gasteiger partial charge in [-0.25, -0.2) is 0 Å². The van der Waals surface area contributed by atoms with Crippen molar-refractivity contribution < 1.29 is 14.3 Å². The van der Waals surface area contributed by atoms with Gasteiger partial charge >= 0.3 is 0 Å². The largest absolute Gasteiger partial charge is 0.487 e. The van der Waals surface area contributed by atoms with Gasteiger partial charge in [0.25, 0.3) is 0 Å². The highest BCUT2D eigenvalue weighted by Crippen LogP contribution is 2.29. The maximum atomic E-state index is 11.4. The monoisotopic (exact) mass is 288 g/mol. The van der Waals surface area contributed by atoms with Crippen LogP contribution in [0.1, 0.15) is 19.8 Å². The zero-order valence-corrected chi connectivity index (χ0v) is 11.5. The minimum Gasteiger partial charge on any atom is -0.487 e. The summed E-state index contributed by atoms with van der Waals surface area (Å²) in [6.45, 7) is 2.56. The number of benzene rings is 1. The lowest BCUT2D eigenvalue weighted by Gasteiger charge is -2.34. The van der Waals surface area contributed by atoms with Crippen molar-refractivity contribution >= 4 is 29.0 Å². The summed E-state index contributed by atoms with van der Waals surface area (Å²) in [4.78, 5) is 11.4. The second-order valence-electron chi connectivity index (χ2n) is 4.22. The Morgan fingerprint density at radius 2 is 1.94 bits per heavy atom. The number of rotatable bonds is 5. The van der Waals surface area contributed by atoms with Crippen LogP contribution >= 0.6 is 23.2 Å². The molecule has 5 heteroatoms. The number of hydrogen-bond acceptors (Lipinski definition) is 3. The van der Waals surface area contributed by atoms with Crippen molar-refractivity contribution in [1.82, 2.24) is 0 Å². The summed E-state index contributed by atoms with van der Waals surface area (Å²) in [5.74, 6) is 0.650. The van der Waals surface area contributed by atoms with Crippen LogP contribution in [-0.4, -0.2) is 24.6 Å². The van der Waals surface area contributed by atoms with Crippen LogP contribution in [0.2, 0.25) is 10.0 Å². The smallest absolute Gasteiger partial charge is 0.169 e. The second-order valence-corrected chi connectivity index (χ2v) is 5.10. The van der Waals surface area contributed by atoms with Gasteiger partial charge in [0.05, 0.1) is 0 Å². The van der Waals surface area contributed by atoms with Gasteiger partial charge < -0.3 is 9.47 Å². The molecule has 0 amide bonds. The summed E-state index contributed by atoms with van der Waals surface area (Å²) in [5, 5.41) is 1.02. The molecule has 0 saturated heterocycles. The van der Waals surface area contributed by atoms with Gasteiger partial charge in [0.15, 0.2) is 11.9 Å². The Hall–Kier alpha value is -0.770. The maximum Gasteiger partial charge on any atom is 0.169 e. The summed E-state index contributed by atoms with van der Waals surface area (Å²) in [5.41, 5.74) is 0. The van der Waals surface area contributed by atoms with Crippen molar-refractivity contribution in [1.29, 1.82) is 0 Å². The number of ether oxygens (including phenoxy) is 2. The molecule has 18 heavy (non-hydrogen) atoms. The first kappa shape index (κ1) is 13.7. The van der Waals surface area contributed by atoms with E-state index in [1.807, 2.05) is 6.92 Å². The van der Waals surface area contributed by atoms with Gasteiger partial charge in [-0.05, 0) is 24.6 Å². The fraction of sp³-hybridized carbons (Fsp3) is 0.462. The van der Waals surface area contributed by atoms with Gasteiger partial charge in [0.1, 0.15) is 11.9 Å². The molecule has 98 valence electrons. The highest BCUT2D eigenvalue weighted by molar-refractivity contribution is 6.34. The standard InChI is InChI=1S/C13H14Cl2O3/c1-2-3-17-13-11(16)7-12(13)18-10-5-8(14)4-9(15)6-10/h4-6,12-13H,2-3,7H2,1H3. The highest BCUT2D eigenvalue weighted by atomic mass is 35.5. The summed E-state index contributed by atoms with van der Waals surface area (Å²) >= 11 is 11.8. The minimum absolute atomic E-state index is 0.0848. The van der Waals surface area contributed by atoms with E-state index in [-0.39, 0.29) is 11.9 Å². The molecule has 1 saturated carbocycles. The summed E-state index contributed by atoms with van der Waals surface area (Å²) in [7, 11) is 0. The van der Waals surface area contributed by atoms with Crippen molar-refractivity contribution in [2.45, 2.75) is 32.0 Å². The molecule has 1 aliphatic rings. The van der Waals surface area contributed by atoms with Crippen LogP contribution in [0.3, 0.4) is 0 Å². The van der Waals surface area contributed by atoms with E-state index in [2.05, 4.69) is 0 Å². The first-order valence-corrected chi connectivity index (χ1v) is 6.63. The molecule has 0 spiro atoms. The highest BCUT2D eigenvalue weighted by Gasteiger charge is 2.42. The van der Waals surface area contributed by atoms with Crippen LogP contribution in [-0.2, 0) is 9.53 Å². The van der Waals surface area contributed by atoms with E-state index in [1.54, 1.807) is 18.2 Å². The average molecular weight is 289 g/mol. The van der Waals surface area contributed by atoms with E-state index in [4.69, 9.17) is 32.7 Å². The third-order valence-electron chi connectivity index (χ3n) is 2.68. The van der Waals surface area contributed by atoms with E-state index in [0.29, 0.717) is 28.8 Å². The molecule has 1 aliphatic carbocycles. The molecule has 0 radical (unpaired) electrons. The number of hydrogen-bond donors (Lipinski definition) is 0. The lowest BCUT2D eigenvalue weighted by atomic mass is 9.90. The zero-order chi connectivity index (χ0) is 13.1. The topological polar surface area (TPSA) is 35.5 Å². The Kier molecular flexibility index (Phi) is 4.49. The Bertz CT molecular complexity index is 428. The first-order chi connectivity index (χ1) is 8.60. The number of Topliss-reactive ketones (excluding diaryl/α,β-unsaturated/α-hetero) is 1. The van der Waals surface area contributed by atoms with Crippen LogP contribution in [0.5, 0.6) is 5.75 Å². The SMILES string of the molecule is CCCOC1C(=O)CC1Oc1cc(Cl)cc(Cl)c1. The van der Waals surface area contributed by atoms with Crippen molar-refractivity contribution in [2.24, 2.45) is 0 Å². The molecule has 3 nitrogen and oxygen atoms in total. The molecule has 1 aromatic carbocycles. The van der Waals surface area contributed by atoms with Gasteiger partial charge in [-0.2, -0.15) is 0 Å². The normalized spacial score (nSPS) is 22.7. The van der Waals surface area contributed by atoms with Gasteiger partial charge in [-0.1, -0.05) is 30.1 Å². The van der Waals surface area contributed by atoms with Crippen molar-refractivity contribution in [3.8, 4) is 5.75 Å². The Labute approximate surface area is 116 Å². The molecule has 2 unspecified atom stereocenters. The third-order valence-corrected chi connectivity index (χ3v) is 3.12. The fourth-order valence-electron chi connectivity index (χ4n) is 1.79. The number of carbonyl (C=O) groups excluding carboxylic acids is 1. The van der Waals surface area contributed by atoms with E-state index in [9.17, 15) is 4.79 Å². The molecular formula is C13H14Cl2O3. The summed E-state index contributed by atoms with van der Waals surface area (Å²) in [6.07, 6.45) is 0.555. The van der Waals surface area contributed by atoms with E-state index < -0.39 is 6.10 Å². The summed E-state index contributed by atoms with van der Waals surface area (Å²) in [6, 6.07) is 4.98. The first-order valence-electron chi connectivity index (χ1n) is 5.87. The lowest BCUT2D eigenvalue weighted by Crippen LogP contribution is -2.52. The van der Waals surface area contributed by atoms with Crippen LogP contribution in [0, 0.1) is 0 Å². The Balaban J connectivity index is 1.98. The Morgan fingerprint density at radius 3 is 2.50 bits per heavy atom. The minimum atomic E-state index is -0.456. The number of carbonyl (C=O) groups is 1. The van der Waals surface area contributed by atoms with Crippen LogP contribution in [0.4, 0.5) is 0 Å². The number of halogens is 2. The van der Waals surface area contributed by atoms with Crippen LogP contribution in [0.25, 0.3) is 0 Å². The molecule has 0 heterocycles. The second kappa shape index (κ2) is 5.91. The molecule has 0 aliphatic heterocycles. The molecule has 2 rings (SSSR count). The molecular weight excluding hydrogens is 275 g/mol. The quantitative estimate of drug-likeness (QED) is 0.832. The predicted octanol–water partition coefficient (Wildman–Crippen LogP) is 3.51.